The molecular weight excluding hydrogens is 759 g/mol. The number of aromatic nitrogens is 1. The van der Waals surface area contributed by atoms with Crippen LogP contribution in [0.2, 0.25) is 0 Å². The molecule has 0 radical (unpaired) electrons. The number of ether oxygens (including phenoxy) is 1. The van der Waals surface area contributed by atoms with E-state index in [0.717, 1.165) is 53.4 Å². The molecule has 4 heterocycles. The molecule has 0 spiro atoms. The van der Waals surface area contributed by atoms with Gasteiger partial charge in [0, 0.05) is 63.2 Å². The van der Waals surface area contributed by atoms with Crippen molar-refractivity contribution in [2.45, 2.75) is 38.0 Å². The summed E-state index contributed by atoms with van der Waals surface area (Å²) in [4.78, 5) is 71.1. The third-order valence-electron chi connectivity index (χ3n) is 10.4. The van der Waals surface area contributed by atoms with E-state index in [9.17, 15) is 37.1 Å². The molecule has 3 aliphatic heterocycles. The molecule has 0 atom stereocenters. The summed E-state index contributed by atoms with van der Waals surface area (Å²) in [6.45, 7) is 1.90. The molecule has 0 saturated carbocycles. The Labute approximate surface area is 331 Å². The van der Waals surface area contributed by atoms with Crippen LogP contribution in [0, 0.1) is 0 Å². The number of hydrogen-bond donors (Lipinski definition) is 4. The Morgan fingerprint density at radius 2 is 1.66 bits per heavy atom. The number of benzene rings is 3. The third-order valence-corrected chi connectivity index (χ3v) is 10.4. The first-order valence-electron chi connectivity index (χ1n) is 18.4. The number of nitrogens with zero attached hydrogens (tertiary/aromatic N) is 5. The fourth-order valence-electron chi connectivity index (χ4n) is 7.36. The highest BCUT2D eigenvalue weighted by Crippen LogP contribution is 2.39. The quantitative estimate of drug-likeness (QED) is 0.141. The summed E-state index contributed by atoms with van der Waals surface area (Å²) in [5.74, 6) is -1.58. The van der Waals surface area contributed by atoms with Gasteiger partial charge in [-0.15, -0.1) is 0 Å². The standard InChI is InChI=1S/C40H40F3N9O6/c1-44-36(54)27-6-4-5-7-30(27)46-32-20-34(45-21-29(32)40(41,42)43)47-31-11-9-25(19-33(31)58-3)50-15-12-24(13-16-50)49(2)22-23-8-10-26-28(18-23)38(56)52(37(26)55)51-17-14-35(53)48-39(51)57/h4-11,18-21,24H,12-17,22H2,1-3H3,(H,44,54)(H2,45,46,47)(H,48,53,57). The average Bonchev–Trinajstić information content (AvgIpc) is 3.45. The number of carbonyl (C=O) groups is 5. The Balaban J connectivity index is 0.991. The summed E-state index contributed by atoms with van der Waals surface area (Å²) in [5, 5.41) is 12.2. The molecule has 0 aliphatic carbocycles. The minimum atomic E-state index is -4.72. The van der Waals surface area contributed by atoms with Crippen molar-refractivity contribution in [3.63, 3.8) is 0 Å². The van der Waals surface area contributed by atoms with Crippen LogP contribution in [0.25, 0.3) is 0 Å². The van der Waals surface area contributed by atoms with E-state index in [1.165, 1.54) is 32.4 Å². The van der Waals surface area contributed by atoms with Gasteiger partial charge < -0.3 is 25.6 Å². The van der Waals surface area contributed by atoms with Crippen molar-refractivity contribution in [1.82, 2.24) is 30.5 Å². The highest BCUT2D eigenvalue weighted by molar-refractivity contribution is 6.22. The largest absolute Gasteiger partial charge is 0.494 e. The number of imide groups is 2. The van der Waals surface area contributed by atoms with E-state index in [1.54, 1.807) is 36.4 Å². The molecule has 1 aromatic heterocycles. The number of para-hydroxylation sites is 1. The van der Waals surface area contributed by atoms with Gasteiger partial charge in [0.1, 0.15) is 11.6 Å². The summed E-state index contributed by atoms with van der Waals surface area (Å²) in [6, 6.07) is 17.5. The number of hydrazine groups is 1. The lowest BCUT2D eigenvalue weighted by Crippen LogP contribution is -2.58. The number of alkyl halides is 3. The highest BCUT2D eigenvalue weighted by Gasteiger charge is 2.43. The maximum absolute atomic E-state index is 14.0. The highest BCUT2D eigenvalue weighted by atomic mass is 19.4. The molecule has 18 heteroatoms. The maximum atomic E-state index is 14.0. The zero-order valence-electron chi connectivity index (χ0n) is 31.8. The Bertz CT molecular complexity index is 2300. The molecular formula is C40H40F3N9O6. The summed E-state index contributed by atoms with van der Waals surface area (Å²) in [5.41, 5.74) is 1.69. The van der Waals surface area contributed by atoms with Crippen molar-refractivity contribution < 1.29 is 41.9 Å². The third kappa shape index (κ3) is 7.95. The van der Waals surface area contributed by atoms with E-state index in [4.69, 9.17) is 4.74 Å². The zero-order valence-corrected chi connectivity index (χ0v) is 31.8. The lowest BCUT2D eigenvalue weighted by Gasteiger charge is -2.38. The van der Waals surface area contributed by atoms with Gasteiger partial charge in [0.15, 0.2) is 0 Å². The second-order valence-corrected chi connectivity index (χ2v) is 14.0. The molecule has 3 aliphatic rings. The van der Waals surface area contributed by atoms with Crippen LogP contribution in [-0.2, 0) is 17.5 Å². The van der Waals surface area contributed by atoms with Gasteiger partial charge in [-0.3, -0.25) is 29.4 Å². The maximum Gasteiger partial charge on any atom is 0.419 e. The fraction of sp³-hybridized carbons (Fsp3) is 0.300. The molecule has 2 fully saturated rings. The van der Waals surface area contributed by atoms with Crippen LogP contribution in [-0.4, -0.2) is 96.4 Å². The molecule has 4 N–H and O–H groups in total. The first kappa shape index (κ1) is 39.5. The average molecular weight is 800 g/mol. The minimum Gasteiger partial charge on any atom is -0.494 e. The van der Waals surface area contributed by atoms with Gasteiger partial charge in [0.25, 0.3) is 17.7 Å². The molecule has 302 valence electrons. The zero-order chi connectivity index (χ0) is 41.3. The lowest BCUT2D eigenvalue weighted by atomic mass is 10.0. The SMILES string of the molecule is CNC(=O)c1ccccc1Nc1cc(Nc2ccc(N3CCC(N(C)Cc4ccc5c(c4)C(=O)N(N4CCC(=O)NC4=O)C5=O)CC3)cc2OC)ncc1C(F)(F)F. The smallest absolute Gasteiger partial charge is 0.419 e. The number of hydrogen-bond acceptors (Lipinski definition) is 11. The topological polar surface area (TPSA) is 169 Å². The first-order valence-corrected chi connectivity index (χ1v) is 18.4. The van der Waals surface area contributed by atoms with Gasteiger partial charge in [-0.25, -0.2) is 14.8 Å². The van der Waals surface area contributed by atoms with Crippen molar-refractivity contribution in [1.29, 1.82) is 0 Å². The predicted molar refractivity (Wildman–Crippen MR) is 207 cm³/mol. The van der Waals surface area contributed by atoms with Crippen molar-refractivity contribution in [2.24, 2.45) is 0 Å². The van der Waals surface area contributed by atoms with Gasteiger partial charge in [-0.2, -0.15) is 18.2 Å². The second kappa shape index (κ2) is 16.0. The van der Waals surface area contributed by atoms with Crippen LogP contribution in [0.5, 0.6) is 5.75 Å². The van der Waals surface area contributed by atoms with Crippen LogP contribution >= 0.6 is 0 Å². The summed E-state index contributed by atoms with van der Waals surface area (Å²) in [7, 11) is 4.94. The number of methoxy groups -OCH3 is 1. The van der Waals surface area contributed by atoms with Crippen LogP contribution in [0.15, 0.2) is 72.9 Å². The number of fused-ring (bicyclic) bond motifs is 1. The number of piperidine rings is 1. The summed E-state index contributed by atoms with van der Waals surface area (Å²) in [6.07, 6.45) is -2.36. The number of urea groups is 1. The Morgan fingerprint density at radius 1 is 0.914 bits per heavy atom. The molecule has 58 heavy (non-hydrogen) atoms. The second-order valence-electron chi connectivity index (χ2n) is 14.0. The molecule has 7 rings (SSSR count). The van der Waals surface area contributed by atoms with Crippen molar-refractivity contribution >= 4 is 58.2 Å². The van der Waals surface area contributed by atoms with Crippen LogP contribution in [0.3, 0.4) is 0 Å². The fourth-order valence-corrected chi connectivity index (χ4v) is 7.36. The summed E-state index contributed by atoms with van der Waals surface area (Å²) >= 11 is 0. The molecule has 0 bridgehead atoms. The van der Waals surface area contributed by atoms with Gasteiger partial charge in [-0.1, -0.05) is 18.2 Å². The van der Waals surface area contributed by atoms with Crippen LogP contribution < -0.4 is 30.9 Å². The Morgan fingerprint density at radius 3 is 2.36 bits per heavy atom. The number of carbonyl (C=O) groups excluding carboxylic acids is 5. The van der Waals surface area contributed by atoms with Gasteiger partial charge in [0.05, 0.1) is 53.0 Å². The molecule has 2 saturated heterocycles. The van der Waals surface area contributed by atoms with Crippen molar-refractivity contribution in [3.8, 4) is 5.75 Å². The van der Waals surface area contributed by atoms with Crippen LogP contribution in [0.1, 0.15) is 61.5 Å². The molecule has 4 aromatic rings. The van der Waals surface area contributed by atoms with E-state index in [0.29, 0.717) is 18.0 Å². The van der Waals surface area contributed by atoms with Gasteiger partial charge in [0.2, 0.25) is 5.91 Å². The predicted octanol–water partition coefficient (Wildman–Crippen LogP) is 5.51. The van der Waals surface area contributed by atoms with Crippen molar-refractivity contribution in [2.75, 3.05) is 56.4 Å². The van der Waals surface area contributed by atoms with E-state index < -0.39 is 41.4 Å². The number of nitrogens with one attached hydrogen (secondary N) is 4. The summed E-state index contributed by atoms with van der Waals surface area (Å²) < 4.78 is 47.8. The molecule has 6 amide bonds. The number of halogens is 3. The number of pyridine rings is 1. The molecule has 15 nitrogen and oxygen atoms in total. The van der Waals surface area contributed by atoms with Gasteiger partial charge >= 0.3 is 12.2 Å². The number of rotatable bonds is 11. The Hall–Kier alpha value is -6.69. The monoisotopic (exact) mass is 799 g/mol. The molecule has 0 unspecified atom stereocenters. The normalized spacial score (nSPS) is 16.1. The van der Waals surface area contributed by atoms with Crippen molar-refractivity contribution in [3.05, 3.63) is 101 Å². The van der Waals surface area contributed by atoms with E-state index in [1.807, 2.05) is 19.2 Å². The van der Waals surface area contributed by atoms with E-state index in [2.05, 4.69) is 36.1 Å². The Kier molecular flexibility index (Phi) is 10.9. The number of amides is 6. The van der Waals surface area contributed by atoms with Gasteiger partial charge in [-0.05, 0) is 61.9 Å². The minimum absolute atomic E-state index is 0.0208. The molecule has 3 aromatic carbocycles. The number of anilines is 5. The van der Waals surface area contributed by atoms with E-state index in [-0.39, 0.29) is 52.9 Å². The van der Waals surface area contributed by atoms with Crippen LogP contribution in [0.4, 0.5) is 46.5 Å². The lowest BCUT2D eigenvalue weighted by molar-refractivity contribution is -0.137. The van der Waals surface area contributed by atoms with E-state index >= 15 is 0 Å². The first-order chi connectivity index (χ1) is 27.7.